The van der Waals surface area contributed by atoms with E-state index in [1.807, 2.05) is 4.90 Å². The van der Waals surface area contributed by atoms with Crippen molar-refractivity contribution in [1.29, 1.82) is 0 Å². The van der Waals surface area contributed by atoms with Gasteiger partial charge in [-0.3, -0.25) is 14.5 Å². The molecule has 1 N–H and O–H groups in total. The van der Waals surface area contributed by atoms with Gasteiger partial charge in [0.2, 0.25) is 11.8 Å². The van der Waals surface area contributed by atoms with Crippen LogP contribution < -0.4 is 5.32 Å². The van der Waals surface area contributed by atoms with Crippen LogP contribution in [0.1, 0.15) is 19.8 Å². The number of nitrogens with zero attached hydrogens (tertiary/aromatic N) is 2. The molecule has 138 valence electrons. The second-order valence-corrected chi connectivity index (χ2v) is 7.15. The number of amides is 2. The predicted molar refractivity (Wildman–Crippen MR) is 98.1 cm³/mol. The van der Waals surface area contributed by atoms with Crippen LogP contribution in [0.25, 0.3) is 0 Å². The van der Waals surface area contributed by atoms with Gasteiger partial charge in [-0.2, -0.15) is 0 Å². The number of thioether (sulfide) groups is 1. The predicted octanol–water partition coefficient (Wildman–Crippen LogP) is 1.98. The van der Waals surface area contributed by atoms with Crippen LogP contribution in [0.2, 0.25) is 0 Å². The molecule has 1 saturated heterocycles. The highest BCUT2D eigenvalue weighted by atomic mass is 32.2. The molecule has 2 amide bonds. The van der Waals surface area contributed by atoms with Gasteiger partial charge < -0.3 is 10.2 Å². The van der Waals surface area contributed by atoms with Gasteiger partial charge in [-0.1, -0.05) is 13.3 Å². The van der Waals surface area contributed by atoms with E-state index in [2.05, 4.69) is 17.1 Å². The number of carbonyl (C=O) groups is 2. The Kier molecular flexibility index (Phi) is 8.21. The molecule has 0 unspecified atom stereocenters. The second kappa shape index (κ2) is 10.4. The number of carbonyl (C=O) groups excluding carboxylic acids is 2. The molecule has 0 aliphatic carbocycles. The average Bonchev–Trinajstić information content (AvgIpc) is 2.62. The zero-order valence-electron chi connectivity index (χ0n) is 14.7. The van der Waals surface area contributed by atoms with Crippen molar-refractivity contribution < 1.29 is 14.0 Å². The average molecular weight is 367 g/mol. The Balaban J connectivity index is 1.66. The largest absolute Gasteiger partial charge is 0.355 e. The quantitative estimate of drug-likeness (QED) is 0.564. The first-order valence-corrected chi connectivity index (χ1v) is 9.72. The molecule has 7 heteroatoms. The fraction of sp³-hybridized carbons (Fsp3) is 0.556. The van der Waals surface area contributed by atoms with Crippen LogP contribution in [-0.2, 0) is 9.59 Å². The van der Waals surface area contributed by atoms with Crippen molar-refractivity contribution in [2.24, 2.45) is 0 Å². The molecular weight excluding hydrogens is 341 g/mol. The Morgan fingerprint density at radius 1 is 1.16 bits per heavy atom. The summed E-state index contributed by atoms with van der Waals surface area (Å²) in [6.07, 6.45) is 2.07. The van der Waals surface area contributed by atoms with Crippen LogP contribution in [0.15, 0.2) is 29.2 Å². The molecule has 25 heavy (non-hydrogen) atoms. The van der Waals surface area contributed by atoms with E-state index in [1.165, 1.54) is 23.9 Å². The molecule has 0 spiro atoms. The Bertz CT molecular complexity index is 560. The molecule has 1 fully saturated rings. The van der Waals surface area contributed by atoms with E-state index in [-0.39, 0.29) is 17.6 Å². The molecule has 1 aromatic rings. The van der Waals surface area contributed by atoms with E-state index in [1.54, 1.807) is 12.1 Å². The minimum Gasteiger partial charge on any atom is -0.355 e. The molecule has 5 nitrogen and oxygen atoms in total. The number of halogens is 1. The Morgan fingerprint density at radius 3 is 2.48 bits per heavy atom. The van der Waals surface area contributed by atoms with Crippen LogP contribution in [0, 0.1) is 5.82 Å². The summed E-state index contributed by atoms with van der Waals surface area (Å²) in [5, 5.41) is 2.92. The first kappa shape index (κ1) is 19.7. The van der Waals surface area contributed by atoms with E-state index in [0.29, 0.717) is 38.5 Å². The summed E-state index contributed by atoms with van der Waals surface area (Å²) in [6.45, 7) is 5.94. The zero-order valence-corrected chi connectivity index (χ0v) is 15.5. The van der Waals surface area contributed by atoms with Crippen LogP contribution in [0.4, 0.5) is 4.39 Å². The number of rotatable bonds is 8. The number of benzene rings is 1. The molecular formula is C18H26FN3O2S. The van der Waals surface area contributed by atoms with Gasteiger partial charge in [0.15, 0.2) is 0 Å². The van der Waals surface area contributed by atoms with Gasteiger partial charge in [-0.15, -0.1) is 11.8 Å². The lowest BCUT2D eigenvalue weighted by Crippen LogP contribution is -2.51. The van der Waals surface area contributed by atoms with Crippen molar-refractivity contribution in [3.63, 3.8) is 0 Å². The number of nitrogens with one attached hydrogen (secondary N) is 1. The molecule has 1 aliphatic rings. The first-order chi connectivity index (χ1) is 12.1. The summed E-state index contributed by atoms with van der Waals surface area (Å²) < 4.78 is 12.9. The van der Waals surface area contributed by atoms with E-state index in [9.17, 15) is 14.0 Å². The van der Waals surface area contributed by atoms with Gasteiger partial charge in [0.25, 0.3) is 0 Å². The number of unbranched alkanes of at least 4 members (excludes halogenated alkanes) is 1. The molecule has 1 aromatic carbocycles. The third kappa shape index (κ3) is 7.04. The van der Waals surface area contributed by atoms with E-state index >= 15 is 0 Å². The zero-order chi connectivity index (χ0) is 18.1. The van der Waals surface area contributed by atoms with E-state index < -0.39 is 0 Å². The van der Waals surface area contributed by atoms with Gasteiger partial charge in [-0.05, 0) is 30.7 Å². The number of piperazine rings is 1. The summed E-state index contributed by atoms with van der Waals surface area (Å²) in [4.78, 5) is 28.9. The van der Waals surface area contributed by atoms with Crippen molar-refractivity contribution in [2.75, 3.05) is 45.0 Å². The van der Waals surface area contributed by atoms with Crippen molar-refractivity contribution in [2.45, 2.75) is 24.7 Å². The Morgan fingerprint density at radius 2 is 1.84 bits per heavy atom. The van der Waals surface area contributed by atoms with Gasteiger partial charge in [0.1, 0.15) is 5.82 Å². The van der Waals surface area contributed by atoms with E-state index in [0.717, 1.165) is 24.3 Å². The van der Waals surface area contributed by atoms with Crippen molar-refractivity contribution in [1.82, 2.24) is 15.1 Å². The summed E-state index contributed by atoms with van der Waals surface area (Å²) in [7, 11) is 0. The molecule has 1 aliphatic heterocycles. The minimum atomic E-state index is -0.273. The van der Waals surface area contributed by atoms with Gasteiger partial charge in [0.05, 0.1) is 12.3 Å². The van der Waals surface area contributed by atoms with Gasteiger partial charge in [-0.25, -0.2) is 4.39 Å². The van der Waals surface area contributed by atoms with Crippen LogP contribution in [0.5, 0.6) is 0 Å². The minimum absolute atomic E-state index is 0.0556. The maximum atomic E-state index is 12.9. The molecule has 0 atom stereocenters. The van der Waals surface area contributed by atoms with Crippen LogP contribution in [0.3, 0.4) is 0 Å². The lowest BCUT2D eigenvalue weighted by atomic mass is 10.3. The standard InChI is InChI=1S/C18H26FN3O2S/c1-2-3-8-20-17(23)13-21-9-11-22(12-10-21)18(24)14-25-16-6-4-15(19)5-7-16/h4-7H,2-3,8-14H2,1H3,(H,20,23). The van der Waals surface area contributed by atoms with Crippen molar-refractivity contribution in [3.8, 4) is 0 Å². The first-order valence-electron chi connectivity index (χ1n) is 8.73. The molecule has 0 bridgehead atoms. The molecule has 1 heterocycles. The fourth-order valence-corrected chi connectivity index (χ4v) is 3.39. The Labute approximate surface area is 152 Å². The smallest absolute Gasteiger partial charge is 0.234 e. The van der Waals surface area contributed by atoms with Crippen LogP contribution >= 0.6 is 11.8 Å². The Hall–Kier alpha value is -1.60. The summed E-state index contributed by atoms with van der Waals surface area (Å²) in [6, 6.07) is 6.17. The molecule has 0 aromatic heterocycles. The van der Waals surface area contributed by atoms with Gasteiger partial charge >= 0.3 is 0 Å². The monoisotopic (exact) mass is 367 g/mol. The normalized spacial score (nSPS) is 15.2. The lowest BCUT2D eigenvalue weighted by molar-refractivity contribution is -0.130. The van der Waals surface area contributed by atoms with Crippen molar-refractivity contribution in [3.05, 3.63) is 30.1 Å². The highest BCUT2D eigenvalue weighted by Gasteiger charge is 2.22. The third-order valence-electron chi connectivity index (χ3n) is 4.12. The maximum absolute atomic E-state index is 12.9. The summed E-state index contributed by atoms with van der Waals surface area (Å²) >= 11 is 1.42. The highest BCUT2D eigenvalue weighted by Crippen LogP contribution is 2.18. The molecule has 2 rings (SSSR count). The van der Waals surface area contributed by atoms with Crippen LogP contribution in [-0.4, -0.2) is 66.6 Å². The summed E-state index contributed by atoms with van der Waals surface area (Å²) in [5.41, 5.74) is 0. The fourth-order valence-electron chi connectivity index (χ4n) is 2.59. The topological polar surface area (TPSA) is 52.7 Å². The second-order valence-electron chi connectivity index (χ2n) is 6.10. The SMILES string of the molecule is CCCCNC(=O)CN1CCN(C(=O)CSc2ccc(F)cc2)CC1. The third-order valence-corrected chi connectivity index (χ3v) is 5.12. The van der Waals surface area contributed by atoms with E-state index in [4.69, 9.17) is 0 Å². The highest BCUT2D eigenvalue weighted by molar-refractivity contribution is 8.00. The molecule has 0 saturated carbocycles. The molecule has 0 radical (unpaired) electrons. The lowest BCUT2D eigenvalue weighted by Gasteiger charge is -2.34. The number of hydrogen-bond donors (Lipinski definition) is 1. The number of hydrogen-bond acceptors (Lipinski definition) is 4. The van der Waals surface area contributed by atoms with Gasteiger partial charge in [0, 0.05) is 37.6 Å². The maximum Gasteiger partial charge on any atom is 0.234 e. The summed E-state index contributed by atoms with van der Waals surface area (Å²) in [5.74, 6) is 0.218. The van der Waals surface area contributed by atoms with Crippen molar-refractivity contribution >= 4 is 23.6 Å².